The highest BCUT2D eigenvalue weighted by molar-refractivity contribution is 7.92. The van der Waals surface area contributed by atoms with E-state index in [2.05, 4.69) is 15.0 Å². The van der Waals surface area contributed by atoms with E-state index in [-0.39, 0.29) is 16.8 Å². The Morgan fingerprint density at radius 3 is 2.24 bits per heavy atom. The first-order valence-corrected chi connectivity index (χ1v) is 10.4. The van der Waals surface area contributed by atoms with Crippen LogP contribution in [0.15, 0.2) is 77.8 Å². The molecule has 3 rings (SSSR count). The second kappa shape index (κ2) is 8.74. The molecular formula is C21H21N3O4S. The maximum absolute atomic E-state index is 12.3. The van der Waals surface area contributed by atoms with Crippen molar-refractivity contribution in [2.45, 2.75) is 24.8 Å². The molecule has 0 saturated heterocycles. The van der Waals surface area contributed by atoms with Crippen LogP contribution >= 0.6 is 0 Å². The summed E-state index contributed by atoms with van der Waals surface area (Å²) in [7, 11) is -3.65. The monoisotopic (exact) mass is 411 g/mol. The second-order valence-corrected chi connectivity index (χ2v) is 8.24. The number of carbonyl (C=O) groups excluding carboxylic acids is 1. The molecular weight excluding hydrogens is 390 g/mol. The molecule has 0 atom stereocenters. The van der Waals surface area contributed by atoms with Crippen molar-refractivity contribution in [3.63, 3.8) is 0 Å². The normalized spacial score (nSPS) is 11.1. The van der Waals surface area contributed by atoms with Crippen molar-refractivity contribution in [1.29, 1.82) is 0 Å². The number of hydrogen-bond acceptors (Lipinski definition) is 5. The van der Waals surface area contributed by atoms with Crippen LogP contribution in [0.4, 0.5) is 5.69 Å². The van der Waals surface area contributed by atoms with E-state index >= 15 is 0 Å². The number of amides is 1. The van der Waals surface area contributed by atoms with E-state index in [0.717, 1.165) is 0 Å². The van der Waals surface area contributed by atoms with Crippen LogP contribution in [0.3, 0.4) is 0 Å². The number of rotatable bonds is 7. The molecule has 0 aliphatic carbocycles. The molecule has 150 valence electrons. The van der Waals surface area contributed by atoms with Crippen molar-refractivity contribution in [3.05, 3.63) is 78.5 Å². The number of sulfonamides is 1. The first-order valence-electron chi connectivity index (χ1n) is 8.96. The third kappa shape index (κ3) is 5.55. The first kappa shape index (κ1) is 20.3. The van der Waals surface area contributed by atoms with Gasteiger partial charge in [0, 0.05) is 24.0 Å². The third-order valence-electron chi connectivity index (χ3n) is 3.80. The summed E-state index contributed by atoms with van der Waals surface area (Å²) < 4.78 is 32.9. The van der Waals surface area contributed by atoms with E-state index in [0.29, 0.717) is 22.9 Å². The summed E-state index contributed by atoms with van der Waals surface area (Å²) >= 11 is 0. The third-order valence-corrected chi connectivity index (χ3v) is 5.20. The number of pyridine rings is 1. The van der Waals surface area contributed by atoms with Crippen molar-refractivity contribution >= 4 is 21.6 Å². The van der Waals surface area contributed by atoms with Gasteiger partial charge in [-0.2, -0.15) is 0 Å². The van der Waals surface area contributed by atoms with Crippen molar-refractivity contribution in [3.8, 4) is 11.6 Å². The van der Waals surface area contributed by atoms with Crippen LogP contribution in [-0.2, 0) is 10.0 Å². The molecule has 0 fully saturated rings. The zero-order valence-corrected chi connectivity index (χ0v) is 16.8. The lowest BCUT2D eigenvalue weighted by Crippen LogP contribution is -2.30. The molecule has 1 amide bonds. The average molecular weight is 411 g/mol. The van der Waals surface area contributed by atoms with E-state index in [1.54, 1.807) is 54.6 Å². The number of ether oxygens (including phenoxy) is 1. The molecule has 7 nitrogen and oxygen atoms in total. The molecule has 1 heterocycles. The number of aromatic nitrogens is 1. The Kier molecular flexibility index (Phi) is 6.13. The summed E-state index contributed by atoms with van der Waals surface area (Å²) in [5.41, 5.74) is 0.853. The molecule has 0 aliphatic heterocycles. The van der Waals surface area contributed by atoms with Crippen LogP contribution in [0, 0.1) is 0 Å². The summed E-state index contributed by atoms with van der Waals surface area (Å²) in [6.45, 7) is 3.76. The highest BCUT2D eigenvalue weighted by Crippen LogP contribution is 2.23. The SMILES string of the molecule is CC(C)NC(=O)c1ccc(Oc2ccc(NS(=O)(=O)c3ccccc3)cc2)nc1. The first-order chi connectivity index (χ1) is 13.8. The molecule has 1 aromatic heterocycles. The summed E-state index contributed by atoms with van der Waals surface area (Å²) in [6.07, 6.45) is 1.44. The molecule has 8 heteroatoms. The van der Waals surface area contributed by atoms with Crippen LogP contribution in [0.5, 0.6) is 11.6 Å². The zero-order valence-electron chi connectivity index (χ0n) is 16.0. The summed E-state index contributed by atoms with van der Waals surface area (Å²) in [5.74, 6) is 0.609. The molecule has 29 heavy (non-hydrogen) atoms. The summed E-state index contributed by atoms with van der Waals surface area (Å²) in [4.78, 5) is 16.2. The fourth-order valence-electron chi connectivity index (χ4n) is 2.45. The lowest BCUT2D eigenvalue weighted by Gasteiger charge is -2.10. The van der Waals surface area contributed by atoms with Gasteiger partial charge in [-0.25, -0.2) is 13.4 Å². The van der Waals surface area contributed by atoms with Crippen molar-refractivity contribution in [2.75, 3.05) is 4.72 Å². The van der Waals surface area contributed by atoms with Crippen molar-refractivity contribution in [1.82, 2.24) is 10.3 Å². The number of hydrogen-bond donors (Lipinski definition) is 2. The Balaban J connectivity index is 1.64. The lowest BCUT2D eigenvalue weighted by atomic mass is 10.2. The highest BCUT2D eigenvalue weighted by atomic mass is 32.2. The fourth-order valence-corrected chi connectivity index (χ4v) is 3.53. The number of nitrogens with zero attached hydrogens (tertiary/aromatic N) is 1. The minimum atomic E-state index is -3.65. The van der Waals surface area contributed by atoms with Gasteiger partial charge in [-0.1, -0.05) is 18.2 Å². The average Bonchev–Trinajstić information content (AvgIpc) is 2.70. The molecule has 2 aromatic carbocycles. The Hall–Kier alpha value is -3.39. The Morgan fingerprint density at radius 2 is 1.66 bits per heavy atom. The molecule has 0 saturated carbocycles. The van der Waals surface area contributed by atoms with Gasteiger partial charge >= 0.3 is 0 Å². The Morgan fingerprint density at radius 1 is 0.966 bits per heavy atom. The smallest absolute Gasteiger partial charge is 0.261 e. The van der Waals surface area contributed by atoms with Crippen molar-refractivity contribution < 1.29 is 17.9 Å². The van der Waals surface area contributed by atoms with Gasteiger partial charge in [0.25, 0.3) is 15.9 Å². The molecule has 0 radical (unpaired) electrons. The van der Waals surface area contributed by atoms with Gasteiger partial charge in [0.2, 0.25) is 5.88 Å². The second-order valence-electron chi connectivity index (χ2n) is 6.56. The molecule has 3 aromatic rings. The van der Waals surface area contributed by atoms with Gasteiger partial charge in [0.1, 0.15) is 5.75 Å². The van der Waals surface area contributed by atoms with Gasteiger partial charge in [-0.15, -0.1) is 0 Å². The quantitative estimate of drug-likeness (QED) is 0.616. The van der Waals surface area contributed by atoms with Crippen LogP contribution in [-0.4, -0.2) is 25.4 Å². The number of nitrogens with one attached hydrogen (secondary N) is 2. The van der Waals surface area contributed by atoms with Crippen LogP contribution < -0.4 is 14.8 Å². The lowest BCUT2D eigenvalue weighted by molar-refractivity contribution is 0.0942. The van der Waals surface area contributed by atoms with Gasteiger partial charge < -0.3 is 10.1 Å². The summed E-state index contributed by atoms with van der Waals surface area (Å²) in [5, 5.41) is 2.79. The number of carbonyl (C=O) groups is 1. The van der Waals surface area contributed by atoms with E-state index in [4.69, 9.17) is 4.74 Å². The summed E-state index contributed by atoms with van der Waals surface area (Å²) in [6, 6.07) is 17.8. The van der Waals surface area contributed by atoms with Crippen LogP contribution in [0.1, 0.15) is 24.2 Å². The predicted molar refractivity (Wildman–Crippen MR) is 111 cm³/mol. The molecule has 2 N–H and O–H groups in total. The number of benzene rings is 2. The van der Waals surface area contributed by atoms with E-state index in [1.165, 1.54) is 18.3 Å². The van der Waals surface area contributed by atoms with Gasteiger partial charge in [0.05, 0.1) is 10.5 Å². The minimum absolute atomic E-state index is 0.0382. The Labute approximate surface area is 169 Å². The Bertz CT molecular complexity index is 1070. The van der Waals surface area contributed by atoms with E-state index in [1.807, 2.05) is 13.8 Å². The molecule has 0 unspecified atom stereocenters. The minimum Gasteiger partial charge on any atom is -0.439 e. The maximum Gasteiger partial charge on any atom is 0.261 e. The van der Waals surface area contributed by atoms with Crippen LogP contribution in [0.25, 0.3) is 0 Å². The van der Waals surface area contributed by atoms with E-state index < -0.39 is 10.0 Å². The number of anilines is 1. The molecule has 0 aliphatic rings. The van der Waals surface area contributed by atoms with Crippen LogP contribution in [0.2, 0.25) is 0 Å². The predicted octanol–water partition coefficient (Wildman–Crippen LogP) is 3.81. The van der Waals surface area contributed by atoms with E-state index in [9.17, 15) is 13.2 Å². The van der Waals surface area contributed by atoms with Gasteiger partial charge in [-0.3, -0.25) is 9.52 Å². The van der Waals surface area contributed by atoms with Gasteiger partial charge in [-0.05, 0) is 56.3 Å². The highest BCUT2D eigenvalue weighted by Gasteiger charge is 2.13. The zero-order chi connectivity index (χ0) is 20.9. The standard InChI is InChI=1S/C21H21N3O4S/c1-15(2)23-21(25)16-8-13-20(22-14-16)28-18-11-9-17(10-12-18)24-29(26,27)19-6-4-3-5-7-19/h3-15,24H,1-2H3,(H,23,25). The topological polar surface area (TPSA) is 97.4 Å². The van der Waals surface area contributed by atoms with Gasteiger partial charge in [0.15, 0.2) is 0 Å². The fraction of sp³-hybridized carbons (Fsp3) is 0.143. The molecule has 0 bridgehead atoms. The van der Waals surface area contributed by atoms with Crippen molar-refractivity contribution in [2.24, 2.45) is 0 Å². The largest absolute Gasteiger partial charge is 0.439 e. The maximum atomic E-state index is 12.3. The molecule has 0 spiro atoms.